The molecule has 0 aliphatic heterocycles. The van der Waals surface area contributed by atoms with Crippen LogP contribution in [0.3, 0.4) is 0 Å². The van der Waals surface area contributed by atoms with Gasteiger partial charge in [-0.15, -0.1) is 0 Å². The maximum Gasteiger partial charge on any atom is 0.254 e. The number of hydrogen-bond acceptors (Lipinski definition) is 4. The summed E-state index contributed by atoms with van der Waals surface area (Å²) in [4.78, 5) is 31.8. The van der Waals surface area contributed by atoms with Gasteiger partial charge in [0.2, 0.25) is 5.91 Å². The molecule has 0 saturated heterocycles. The van der Waals surface area contributed by atoms with E-state index in [0.29, 0.717) is 17.6 Å². The van der Waals surface area contributed by atoms with Crippen LogP contribution < -0.4 is 10.6 Å². The first-order valence-corrected chi connectivity index (χ1v) is 7.50. The molecule has 0 spiro atoms. The Morgan fingerprint density at radius 2 is 2.00 bits per heavy atom. The molecule has 2 N–H and O–H groups in total. The number of carbonyl (C=O) groups is 2. The molecular weight excluding hydrogens is 344 g/mol. The number of benzene rings is 1. The summed E-state index contributed by atoms with van der Waals surface area (Å²) >= 11 is 0. The fraction of sp³-hybridized carbons (Fsp3) is 0.0588. The van der Waals surface area contributed by atoms with Crippen LogP contribution in [0.5, 0.6) is 0 Å². The maximum atomic E-state index is 13.5. The van der Waals surface area contributed by atoms with Gasteiger partial charge in [0, 0.05) is 18.5 Å². The molecule has 3 aromatic rings. The van der Waals surface area contributed by atoms with Crippen LogP contribution in [0.2, 0.25) is 0 Å². The first-order valence-electron chi connectivity index (χ1n) is 7.50. The highest BCUT2D eigenvalue weighted by molar-refractivity contribution is 5.99. The number of hydrogen-bond donors (Lipinski definition) is 2. The number of rotatable bonds is 5. The summed E-state index contributed by atoms with van der Waals surface area (Å²) in [6, 6.07) is 5.90. The van der Waals surface area contributed by atoms with E-state index < -0.39 is 23.4 Å². The first-order chi connectivity index (χ1) is 12.5. The van der Waals surface area contributed by atoms with Crippen molar-refractivity contribution in [1.82, 2.24) is 19.9 Å². The SMILES string of the molecule is O=C(CNC(=O)c1ccc(F)cc1F)Nc1ccc(-n2ccnc2)nc1. The van der Waals surface area contributed by atoms with Crippen molar-refractivity contribution in [2.75, 3.05) is 11.9 Å². The minimum atomic E-state index is -0.998. The molecule has 1 aromatic carbocycles. The molecule has 26 heavy (non-hydrogen) atoms. The third kappa shape index (κ3) is 4.07. The topological polar surface area (TPSA) is 88.9 Å². The molecule has 2 aromatic heterocycles. The lowest BCUT2D eigenvalue weighted by Gasteiger charge is -2.08. The predicted molar refractivity (Wildman–Crippen MR) is 88.7 cm³/mol. The smallest absolute Gasteiger partial charge is 0.254 e. The Morgan fingerprint density at radius 1 is 1.15 bits per heavy atom. The Kier molecular flexibility index (Phi) is 4.97. The minimum absolute atomic E-state index is 0.342. The van der Waals surface area contributed by atoms with Gasteiger partial charge >= 0.3 is 0 Å². The standard InChI is InChI=1S/C17H13F2N5O2/c18-11-1-3-13(14(19)7-11)17(26)22-9-16(25)23-12-2-4-15(21-8-12)24-6-5-20-10-24/h1-8,10H,9H2,(H,22,26)(H,23,25). The zero-order valence-corrected chi connectivity index (χ0v) is 13.3. The van der Waals surface area contributed by atoms with E-state index in [9.17, 15) is 18.4 Å². The summed E-state index contributed by atoms with van der Waals surface area (Å²) in [7, 11) is 0. The summed E-state index contributed by atoms with van der Waals surface area (Å²) < 4.78 is 28.0. The van der Waals surface area contributed by atoms with E-state index in [-0.39, 0.29) is 12.1 Å². The van der Waals surface area contributed by atoms with Crippen LogP contribution in [-0.4, -0.2) is 32.9 Å². The quantitative estimate of drug-likeness (QED) is 0.730. The van der Waals surface area contributed by atoms with Gasteiger partial charge < -0.3 is 10.6 Å². The van der Waals surface area contributed by atoms with Crippen LogP contribution in [0.15, 0.2) is 55.2 Å². The van der Waals surface area contributed by atoms with Crippen molar-refractivity contribution in [3.8, 4) is 5.82 Å². The summed E-state index contributed by atoms with van der Waals surface area (Å²) in [6.07, 6.45) is 6.38. The lowest BCUT2D eigenvalue weighted by molar-refractivity contribution is -0.115. The van der Waals surface area contributed by atoms with Crippen molar-refractivity contribution in [2.24, 2.45) is 0 Å². The summed E-state index contributed by atoms with van der Waals surface area (Å²) in [5.74, 6) is -2.49. The Labute approximate surface area is 146 Å². The molecule has 2 amide bonds. The van der Waals surface area contributed by atoms with Gasteiger partial charge in [-0.25, -0.2) is 18.7 Å². The van der Waals surface area contributed by atoms with Crippen LogP contribution in [0.1, 0.15) is 10.4 Å². The van der Waals surface area contributed by atoms with Gasteiger partial charge in [0.1, 0.15) is 23.8 Å². The minimum Gasteiger partial charge on any atom is -0.343 e. The van der Waals surface area contributed by atoms with Crippen LogP contribution >= 0.6 is 0 Å². The number of halogens is 2. The van der Waals surface area contributed by atoms with Crippen LogP contribution in [0.4, 0.5) is 14.5 Å². The largest absolute Gasteiger partial charge is 0.343 e. The molecule has 9 heteroatoms. The third-order valence-corrected chi connectivity index (χ3v) is 3.39. The molecule has 0 fully saturated rings. The van der Waals surface area contributed by atoms with Gasteiger partial charge in [-0.2, -0.15) is 0 Å². The lowest BCUT2D eigenvalue weighted by Crippen LogP contribution is -2.33. The summed E-state index contributed by atoms with van der Waals surface area (Å²) in [5, 5.41) is 4.82. The number of nitrogens with one attached hydrogen (secondary N) is 2. The monoisotopic (exact) mass is 357 g/mol. The van der Waals surface area contributed by atoms with Crippen molar-refractivity contribution < 1.29 is 18.4 Å². The Morgan fingerprint density at radius 3 is 2.65 bits per heavy atom. The normalized spacial score (nSPS) is 10.4. The fourth-order valence-electron chi connectivity index (χ4n) is 2.14. The first kappa shape index (κ1) is 17.2. The van der Waals surface area contributed by atoms with Crippen LogP contribution in [0.25, 0.3) is 5.82 Å². The fourth-order valence-corrected chi connectivity index (χ4v) is 2.14. The predicted octanol–water partition coefficient (Wildman–Crippen LogP) is 1.91. The number of carbonyl (C=O) groups excluding carboxylic acids is 2. The molecule has 7 nitrogen and oxygen atoms in total. The second kappa shape index (κ2) is 7.51. The van der Waals surface area contributed by atoms with E-state index >= 15 is 0 Å². The van der Waals surface area contributed by atoms with E-state index in [4.69, 9.17) is 0 Å². The van der Waals surface area contributed by atoms with Crippen LogP contribution in [-0.2, 0) is 4.79 Å². The third-order valence-electron chi connectivity index (χ3n) is 3.39. The molecule has 2 heterocycles. The lowest BCUT2D eigenvalue weighted by atomic mass is 10.2. The Hall–Kier alpha value is -3.62. The molecule has 0 aliphatic carbocycles. The Bertz CT molecular complexity index is 927. The van der Waals surface area contributed by atoms with Gasteiger partial charge in [-0.1, -0.05) is 0 Å². The van der Waals surface area contributed by atoms with Gasteiger partial charge in [0.05, 0.1) is 24.0 Å². The maximum absolute atomic E-state index is 13.5. The van der Waals surface area contributed by atoms with E-state index in [2.05, 4.69) is 20.6 Å². The van der Waals surface area contributed by atoms with Gasteiger partial charge in [-0.05, 0) is 24.3 Å². The molecule has 0 bridgehead atoms. The van der Waals surface area contributed by atoms with Crippen molar-refractivity contribution in [2.45, 2.75) is 0 Å². The molecule has 0 saturated carbocycles. The van der Waals surface area contributed by atoms with Gasteiger partial charge in [0.25, 0.3) is 5.91 Å². The van der Waals surface area contributed by atoms with E-state index in [1.54, 1.807) is 35.4 Å². The van der Waals surface area contributed by atoms with Gasteiger partial charge in [-0.3, -0.25) is 14.2 Å². The second-order valence-corrected chi connectivity index (χ2v) is 5.23. The van der Waals surface area contributed by atoms with Gasteiger partial charge in [0.15, 0.2) is 0 Å². The highest BCUT2D eigenvalue weighted by Gasteiger charge is 2.13. The van der Waals surface area contributed by atoms with Crippen molar-refractivity contribution in [3.05, 3.63) is 72.4 Å². The average Bonchev–Trinajstić information content (AvgIpc) is 3.15. The zero-order valence-electron chi connectivity index (χ0n) is 13.3. The molecule has 132 valence electrons. The van der Waals surface area contributed by atoms with Crippen molar-refractivity contribution in [1.29, 1.82) is 0 Å². The Balaban J connectivity index is 1.54. The highest BCUT2D eigenvalue weighted by atomic mass is 19.1. The number of imidazole rings is 1. The van der Waals surface area contributed by atoms with Crippen molar-refractivity contribution in [3.63, 3.8) is 0 Å². The highest BCUT2D eigenvalue weighted by Crippen LogP contribution is 2.10. The molecule has 0 atom stereocenters. The molecule has 0 unspecified atom stereocenters. The number of anilines is 1. The van der Waals surface area contributed by atoms with E-state index in [1.165, 1.54) is 6.20 Å². The van der Waals surface area contributed by atoms with Crippen LogP contribution in [0, 0.1) is 11.6 Å². The second-order valence-electron chi connectivity index (χ2n) is 5.23. The molecule has 3 rings (SSSR count). The molecule has 0 aliphatic rings. The number of aromatic nitrogens is 3. The number of nitrogens with zero attached hydrogens (tertiary/aromatic N) is 3. The summed E-state index contributed by atoms with van der Waals surface area (Å²) in [5.41, 5.74) is 0.0895. The number of amides is 2. The number of pyridine rings is 1. The van der Waals surface area contributed by atoms with Crippen molar-refractivity contribution >= 4 is 17.5 Å². The summed E-state index contributed by atoms with van der Waals surface area (Å²) in [6.45, 7) is -0.376. The average molecular weight is 357 g/mol. The molecular formula is C17H13F2N5O2. The van der Waals surface area contributed by atoms with E-state index in [1.807, 2.05) is 0 Å². The van der Waals surface area contributed by atoms with E-state index in [0.717, 1.165) is 12.1 Å². The molecule has 0 radical (unpaired) electrons. The zero-order chi connectivity index (χ0) is 18.5.